The summed E-state index contributed by atoms with van der Waals surface area (Å²) < 4.78 is 7.05. The molecule has 0 amide bonds. The molecule has 0 fully saturated rings. The van der Waals surface area contributed by atoms with Gasteiger partial charge < -0.3 is 19.2 Å². The Balaban J connectivity index is 2.36. The Morgan fingerprint density at radius 1 is 1.53 bits per heavy atom. The summed E-state index contributed by atoms with van der Waals surface area (Å²) in [6.45, 7) is 4.01. The third-order valence-electron chi connectivity index (χ3n) is 2.19. The highest BCUT2D eigenvalue weighted by atomic mass is 16.5. The van der Waals surface area contributed by atoms with E-state index in [2.05, 4.69) is 16.5 Å². The van der Waals surface area contributed by atoms with Crippen molar-refractivity contribution in [3.63, 3.8) is 0 Å². The van der Waals surface area contributed by atoms with Crippen molar-refractivity contribution >= 4 is 18.4 Å². The van der Waals surface area contributed by atoms with Crippen molar-refractivity contribution in [2.75, 3.05) is 6.61 Å². The molecule has 0 bridgehead atoms. The SMILES string of the molecule is C=CCCOc1nc(B(O)O)cn2ccnc12. The van der Waals surface area contributed by atoms with E-state index in [1.807, 2.05) is 0 Å². The minimum absolute atomic E-state index is 0.115. The van der Waals surface area contributed by atoms with Gasteiger partial charge in [0.15, 0.2) is 5.65 Å². The van der Waals surface area contributed by atoms with Crippen LogP contribution in [0.25, 0.3) is 5.65 Å². The van der Waals surface area contributed by atoms with E-state index in [1.54, 1.807) is 22.9 Å². The fraction of sp³-hybridized carbons (Fsp3) is 0.200. The summed E-state index contributed by atoms with van der Waals surface area (Å²) in [5.74, 6) is 0.280. The van der Waals surface area contributed by atoms with Crippen LogP contribution in [0.1, 0.15) is 6.42 Å². The minimum atomic E-state index is -1.64. The number of nitrogens with zero attached hydrogens (tertiary/aromatic N) is 3. The number of ether oxygens (including phenoxy) is 1. The van der Waals surface area contributed by atoms with Gasteiger partial charge >= 0.3 is 7.12 Å². The number of aromatic nitrogens is 3. The number of hydrogen-bond donors (Lipinski definition) is 2. The second kappa shape index (κ2) is 4.98. The second-order valence-electron chi connectivity index (χ2n) is 3.43. The summed E-state index contributed by atoms with van der Waals surface area (Å²) in [5, 5.41) is 18.2. The first-order valence-corrected chi connectivity index (χ1v) is 5.16. The van der Waals surface area contributed by atoms with Crippen LogP contribution in [-0.4, -0.2) is 38.1 Å². The Labute approximate surface area is 98.4 Å². The van der Waals surface area contributed by atoms with Gasteiger partial charge in [0.05, 0.1) is 12.2 Å². The molecule has 0 aromatic carbocycles. The topological polar surface area (TPSA) is 79.9 Å². The molecule has 0 atom stereocenters. The summed E-state index contributed by atoms with van der Waals surface area (Å²) in [5.41, 5.74) is 0.655. The van der Waals surface area contributed by atoms with E-state index in [0.717, 1.165) is 0 Å². The molecule has 0 saturated carbocycles. The molecule has 88 valence electrons. The molecule has 6 nitrogen and oxygen atoms in total. The highest BCUT2D eigenvalue weighted by Gasteiger charge is 2.17. The van der Waals surface area contributed by atoms with Gasteiger partial charge in [-0.2, -0.15) is 0 Å². The third kappa shape index (κ3) is 2.46. The summed E-state index contributed by atoms with van der Waals surface area (Å²) in [6, 6.07) is 0. The largest absolute Gasteiger partial charge is 0.509 e. The minimum Gasteiger partial charge on any atom is -0.475 e. The number of imidazole rings is 1. The molecule has 0 aliphatic heterocycles. The van der Waals surface area contributed by atoms with Crippen molar-refractivity contribution in [3.05, 3.63) is 31.2 Å². The Morgan fingerprint density at radius 3 is 3.06 bits per heavy atom. The van der Waals surface area contributed by atoms with Crippen molar-refractivity contribution in [3.8, 4) is 5.88 Å². The van der Waals surface area contributed by atoms with Crippen LogP contribution in [0.4, 0.5) is 0 Å². The van der Waals surface area contributed by atoms with Crippen molar-refractivity contribution in [2.45, 2.75) is 6.42 Å². The van der Waals surface area contributed by atoms with Crippen LogP contribution in [0.2, 0.25) is 0 Å². The standard InChI is InChI=1S/C10H12BN3O3/c1-2-3-6-17-10-9-12-4-5-14(9)7-8(13-10)11(15)16/h2,4-5,7,15-16H,1,3,6H2. The van der Waals surface area contributed by atoms with E-state index in [9.17, 15) is 0 Å². The van der Waals surface area contributed by atoms with Crippen molar-refractivity contribution in [2.24, 2.45) is 0 Å². The smallest absolute Gasteiger partial charge is 0.475 e. The quantitative estimate of drug-likeness (QED) is 0.408. The van der Waals surface area contributed by atoms with Crippen molar-refractivity contribution < 1.29 is 14.8 Å². The fourth-order valence-corrected chi connectivity index (χ4v) is 1.38. The fourth-order valence-electron chi connectivity index (χ4n) is 1.38. The Hall–Kier alpha value is -1.86. The van der Waals surface area contributed by atoms with E-state index in [-0.39, 0.29) is 11.5 Å². The van der Waals surface area contributed by atoms with E-state index >= 15 is 0 Å². The van der Waals surface area contributed by atoms with Crippen LogP contribution in [-0.2, 0) is 0 Å². The molecule has 2 rings (SSSR count). The Bertz CT molecular complexity index is 526. The Morgan fingerprint density at radius 2 is 2.35 bits per heavy atom. The molecular formula is C10H12BN3O3. The predicted octanol–water partition coefficient (Wildman–Crippen LogP) is -0.636. The molecule has 0 radical (unpaired) electrons. The van der Waals surface area contributed by atoms with Crippen LogP contribution >= 0.6 is 0 Å². The summed E-state index contributed by atoms with van der Waals surface area (Å²) >= 11 is 0. The first-order chi connectivity index (χ1) is 8.22. The summed E-state index contributed by atoms with van der Waals surface area (Å²) in [6.07, 6.45) is 7.18. The molecule has 2 heterocycles. The molecule has 2 N–H and O–H groups in total. The van der Waals surface area contributed by atoms with Crippen LogP contribution in [0.5, 0.6) is 5.88 Å². The molecule has 2 aromatic rings. The number of fused-ring (bicyclic) bond motifs is 1. The first-order valence-electron chi connectivity index (χ1n) is 5.16. The van der Waals surface area contributed by atoms with Gasteiger partial charge in [0.1, 0.15) is 0 Å². The predicted molar refractivity (Wildman–Crippen MR) is 63.1 cm³/mol. The molecule has 0 aliphatic carbocycles. The number of hydrogen-bond acceptors (Lipinski definition) is 5. The molecular weight excluding hydrogens is 221 g/mol. The van der Waals surface area contributed by atoms with Crippen molar-refractivity contribution in [1.82, 2.24) is 14.4 Å². The monoisotopic (exact) mass is 233 g/mol. The van der Waals surface area contributed by atoms with E-state index in [0.29, 0.717) is 18.7 Å². The molecule has 2 aromatic heterocycles. The highest BCUT2D eigenvalue weighted by molar-refractivity contribution is 6.57. The van der Waals surface area contributed by atoms with Gasteiger partial charge in [-0.1, -0.05) is 6.08 Å². The summed E-state index contributed by atoms with van der Waals surface area (Å²) in [4.78, 5) is 8.09. The van der Waals surface area contributed by atoms with Gasteiger partial charge in [0.25, 0.3) is 5.88 Å². The highest BCUT2D eigenvalue weighted by Crippen LogP contribution is 2.13. The average Bonchev–Trinajstić information content (AvgIpc) is 2.77. The van der Waals surface area contributed by atoms with Crippen LogP contribution in [0.15, 0.2) is 31.2 Å². The zero-order valence-electron chi connectivity index (χ0n) is 9.15. The molecule has 0 aliphatic rings. The van der Waals surface area contributed by atoms with E-state index in [4.69, 9.17) is 14.8 Å². The first kappa shape index (κ1) is 11.6. The van der Waals surface area contributed by atoms with Crippen LogP contribution in [0, 0.1) is 0 Å². The van der Waals surface area contributed by atoms with Crippen LogP contribution < -0.4 is 10.3 Å². The van der Waals surface area contributed by atoms with Gasteiger partial charge in [-0.15, -0.1) is 6.58 Å². The second-order valence-corrected chi connectivity index (χ2v) is 3.43. The zero-order chi connectivity index (χ0) is 12.3. The van der Waals surface area contributed by atoms with Gasteiger partial charge in [-0.3, -0.25) is 0 Å². The maximum absolute atomic E-state index is 9.10. The van der Waals surface area contributed by atoms with Gasteiger partial charge in [0.2, 0.25) is 0 Å². The van der Waals surface area contributed by atoms with E-state index in [1.165, 1.54) is 6.20 Å². The lowest BCUT2D eigenvalue weighted by Gasteiger charge is -2.07. The maximum atomic E-state index is 9.10. The molecule has 7 heteroatoms. The molecule has 0 unspecified atom stereocenters. The number of rotatable bonds is 5. The average molecular weight is 233 g/mol. The molecule has 0 spiro atoms. The zero-order valence-corrected chi connectivity index (χ0v) is 9.15. The van der Waals surface area contributed by atoms with Gasteiger partial charge in [0, 0.05) is 18.6 Å². The van der Waals surface area contributed by atoms with Gasteiger partial charge in [-0.25, -0.2) is 9.97 Å². The molecule has 17 heavy (non-hydrogen) atoms. The van der Waals surface area contributed by atoms with Gasteiger partial charge in [-0.05, 0) is 6.42 Å². The third-order valence-corrected chi connectivity index (χ3v) is 2.19. The molecule has 0 saturated heterocycles. The Kier molecular flexibility index (Phi) is 3.41. The normalized spacial score (nSPS) is 10.5. The summed E-state index contributed by atoms with van der Waals surface area (Å²) in [7, 11) is -1.64. The van der Waals surface area contributed by atoms with Crippen molar-refractivity contribution in [1.29, 1.82) is 0 Å². The lowest BCUT2D eigenvalue weighted by atomic mass is 9.87. The lowest BCUT2D eigenvalue weighted by Crippen LogP contribution is -2.33. The lowest BCUT2D eigenvalue weighted by molar-refractivity contribution is 0.314. The maximum Gasteiger partial charge on any atom is 0.509 e. The van der Waals surface area contributed by atoms with E-state index < -0.39 is 7.12 Å². The van der Waals surface area contributed by atoms with Crippen LogP contribution in [0.3, 0.4) is 0 Å².